The lowest BCUT2D eigenvalue weighted by molar-refractivity contribution is -0.537. The number of hydrogen-bond acceptors (Lipinski definition) is 3. The summed E-state index contributed by atoms with van der Waals surface area (Å²) in [5.74, 6) is 0.143. The maximum absolute atomic E-state index is 10.7. The van der Waals surface area contributed by atoms with E-state index in [9.17, 15) is 10.1 Å². The molecule has 0 aliphatic heterocycles. The minimum atomic E-state index is -0.420. The second kappa shape index (κ2) is 4.56. The van der Waals surface area contributed by atoms with Crippen molar-refractivity contribution >= 4 is 0 Å². The van der Waals surface area contributed by atoms with Gasteiger partial charge < -0.3 is 5.11 Å². The first-order valence-corrected chi connectivity index (χ1v) is 4.91. The van der Waals surface area contributed by atoms with E-state index in [-0.39, 0.29) is 23.4 Å². The Hall–Kier alpha value is -0.640. The van der Waals surface area contributed by atoms with Gasteiger partial charge in [0.2, 0.25) is 6.04 Å². The van der Waals surface area contributed by atoms with E-state index >= 15 is 0 Å². The molecule has 0 aromatic heterocycles. The van der Waals surface area contributed by atoms with Crippen molar-refractivity contribution in [3.63, 3.8) is 0 Å². The van der Waals surface area contributed by atoms with Crippen molar-refractivity contribution in [1.29, 1.82) is 0 Å². The topological polar surface area (TPSA) is 63.4 Å². The lowest BCUT2D eigenvalue weighted by atomic mass is 9.78. The molecule has 0 aromatic carbocycles. The number of aliphatic hydroxyl groups excluding tert-OH is 1. The number of rotatable bonds is 3. The van der Waals surface area contributed by atoms with Crippen molar-refractivity contribution in [2.24, 2.45) is 11.8 Å². The summed E-state index contributed by atoms with van der Waals surface area (Å²) in [6, 6.07) is -0.420. The van der Waals surface area contributed by atoms with Crippen molar-refractivity contribution in [2.75, 3.05) is 6.61 Å². The molecule has 0 bridgehead atoms. The Morgan fingerprint density at radius 3 is 2.69 bits per heavy atom. The molecule has 1 aliphatic rings. The Bertz CT molecular complexity index is 184. The molecule has 1 saturated carbocycles. The average molecular weight is 187 g/mol. The highest BCUT2D eigenvalue weighted by molar-refractivity contribution is 4.78. The largest absolute Gasteiger partial charge is 0.396 e. The third-order valence-electron chi connectivity index (χ3n) is 3.07. The normalized spacial score (nSPS) is 31.2. The average Bonchev–Trinajstić information content (AvgIpc) is 2.16. The van der Waals surface area contributed by atoms with Crippen LogP contribution >= 0.6 is 0 Å². The summed E-state index contributed by atoms with van der Waals surface area (Å²) >= 11 is 0. The van der Waals surface area contributed by atoms with Crippen molar-refractivity contribution in [3.8, 4) is 0 Å². The molecular formula is C9H17NO3. The number of aliphatic hydroxyl groups is 1. The second-order valence-corrected chi connectivity index (χ2v) is 3.96. The van der Waals surface area contributed by atoms with Gasteiger partial charge in [-0.1, -0.05) is 13.3 Å². The molecule has 1 N–H and O–H groups in total. The van der Waals surface area contributed by atoms with Gasteiger partial charge in [-0.2, -0.15) is 0 Å². The third kappa shape index (κ3) is 2.40. The van der Waals surface area contributed by atoms with Crippen molar-refractivity contribution < 1.29 is 10.0 Å². The Kier molecular flexibility index (Phi) is 3.66. The first-order valence-electron chi connectivity index (χ1n) is 4.91. The van der Waals surface area contributed by atoms with Gasteiger partial charge in [0.25, 0.3) is 0 Å². The number of nitro groups is 1. The fraction of sp³-hybridized carbons (Fsp3) is 1.00. The zero-order valence-electron chi connectivity index (χ0n) is 7.98. The Labute approximate surface area is 78.1 Å². The first kappa shape index (κ1) is 10.4. The molecule has 4 heteroatoms. The van der Waals surface area contributed by atoms with Gasteiger partial charge in [0.15, 0.2) is 0 Å². The van der Waals surface area contributed by atoms with Gasteiger partial charge in [0.05, 0.1) is 0 Å². The molecule has 0 unspecified atom stereocenters. The molecule has 0 saturated heterocycles. The van der Waals surface area contributed by atoms with Crippen molar-refractivity contribution in [2.45, 2.75) is 38.6 Å². The number of hydrogen-bond donors (Lipinski definition) is 1. The van der Waals surface area contributed by atoms with Gasteiger partial charge in [-0.05, 0) is 18.8 Å². The predicted molar refractivity (Wildman–Crippen MR) is 49.0 cm³/mol. The summed E-state index contributed by atoms with van der Waals surface area (Å²) in [5.41, 5.74) is 0. The molecule has 0 aromatic rings. The van der Waals surface area contributed by atoms with Crippen LogP contribution in [0.2, 0.25) is 0 Å². The molecule has 0 heterocycles. The summed E-state index contributed by atoms with van der Waals surface area (Å²) in [4.78, 5) is 10.5. The Balaban J connectivity index is 2.61. The summed E-state index contributed by atoms with van der Waals surface area (Å²) in [6.07, 6.45) is 3.61. The van der Waals surface area contributed by atoms with E-state index in [1.807, 2.05) is 6.92 Å². The highest BCUT2D eigenvalue weighted by Crippen LogP contribution is 2.31. The van der Waals surface area contributed by atoms with Gasteiger partial charge >= 0.3 is 0 Å². The van der Waals surface area contributed by atoms with Crippen LogP contribution in [-0.4, -0.2) is 22.7 Å². The molecule has 1 rings (SSSR count). The molecule has 1 aliphatic carbocycles. The van der Waals surface area contributed by atoms with E-state index in [4.69, 9.17) is 5.11 Å². The molecule has 0 radical (unpaired) electrons. The summed E-state index contributed by atoms with van der Waals surface area (Å²) in [5, 5.41) is 19.7. The van der Waals surface area contributed by atoms with E-state index in [2.05, 4.69) is 0 Å². The Morgan fingerprint density at radius 2 is 2.15 bits per heavy atom. The van der Waals surface area contributed by atoms with Crippen LogP contribution < -0.4 is 0 Å². The highest BCUT2D eigenvalue weighted by Gasteiger charge is 2.36. The highest BCUT2D eigenvalue weighted by atomic mass is 16.6. The van der Waals surface area contributed by atoms with Crippen LogP contribution in [0.15, 0.2) is 0 Å². The maximum Gasteiger partial charge on any atom is 0.216 e. The molecule has 3 atom stereocenters. The monoisotopic (exact) mass is 187 g/mol. The van der Waals surface area contributed by atoms with Crippen LogP contribution in [0.5, 0.6) is 0 Å². The van der Waals surface area contributed by atoms with Crippen molar-refractivity contribution in [3.05, 3.63) is 10.1 Å². The quantitative estimate of drug-likeness (QED) is 0.537. The van der Waals surface area contributed by atoms with Gasteiger partial charge in [-0.3, -0.25) is 10.1 Å². The fourth-order valence-electron chi connectivity index (χ4n) is 2.20. The predicted octanol–water partition coefficient (Wildman–Crippen LogP) is 1.45. The molecule has 76 valence electrons. The molecule has 1 fully saturated rings. The second-order valence-electron chi connectivity index (χ2n) is 3.96. The molecular weight excluding hydrogens is 170 g/mol. The first-order chi connectivity index (χ1) is 6.16. The third-order valence-corrected chi connectivity index (χ3v) is 3.07. The molecule has 4 nitrogen and oxygen atoms in total. The van der Waals surface area contributed by atoms with Crippen LogP contribution in [0.1, 0.15) is 32.6 Å². The molecule has 0 amide bonds. The summed E-state index contributed by atoms with van der Waals surface area (Å²) < 4.78 is 0. The number of nitrogens with zero attached hydrogens (tertiary/aromatic N) is 1. The van der Waals surface area contributed by atoms with E-state index < -0.39 is 6.04 Å². The SMILES string of the molecule is C[C@H](CO)[C@@H]1CCCC[C@@H]1[N+](=O)[O-]. The molecule has 0 spiro atoms. The minimum Gasteiger partial charge on any atom is -0.396 e. The fourth-order valence-corrected chi connectivity index (χ4v) is 2.20. The van der Waals surface area contributed by atoms with Crippen LogP contribution in [-0.2, 0) is 0 Å². The van der Waals surface area contributed by atoms with E-state index in [1.165, 1.54) is 0 Å². The zero-order chi connectivity index (χ0) is 9.84. The summed E-state index contributed by atoms with van der Waals surface area (Å²) in [7, 11) is 0. The van der Waals surface area contributed by atoms with Gasteiger partial charge in [-0.25, -0.2) is 0 Å². The standard InChI is InChI=1S/C9H17NO3/c1-7(6-11)8-4-2-3-5-9(8)10(12)13/h7-9,11H,2-6H2,1H3/t7-,8+,9+/m1/s1. The van der Waals surface area contributed by atoms with E-state index in [1.54, 1.807) is 0 Å². The maximum atomic E-state index is 10.7. The van der Waals surface area contributed by atoms with Gasteiger partial charge in [-0.15, -0.1) is 0 Å². The minimum absolute atomic E-state index is 0.0645. The lowest BCUT2D eigenvalue weighted by Gasteiger charge is -2.29. The van der Waals surface area contributed by atoms with Crippen LogP contribution in [0.25, 0.3) is 0 Å². The van der Waals surface area contributed by atoms with Crippen LogP contribution in [0.3, 0.4) is 0 Å². The van der Waals surface area contributed by atoms with Crippen LogP contribution in [0.4, 0.5) is 0 Å². The van der Waals surface area contributed by atoms with E-state index in [0.29, 0.717) is 6.42 Å². The smallest absolute Gasteiger partial charge is 0.216 e. The Morgan fingerprint density at radius 1 is 1.54 bits per heavy atom. The van der Waals surface area contributed by atoms with Crippen LogP contribution in [0, 0.1) is 22.0 Å². The zero-order valence-corrected chi connectivity index (χ0v) is 7.98. The molecule has 13 heavy (non-hydrogen) atoms. The van der Waals surface area contributed by atoms with Crippen molar-refractivity contribution in [1.82, 2.24) is 0 Å². The lowest BCUT2D eigenvalue weighted by Crippen LogP contribution is -2.37. The summed E-state index contributed by atoms with van der Waals surface area (Å²) in [6.45, 7) is 1.96. The van der Waals surface area contributed by atoms with Gasteiger partial charge in [0.1, 0.15) is 0 Å². The van der Waals surface area contributed by atoms with E-state index in [0.717, 1.165) is 19.3 Å². The van der Waals surface area contributed by atoms with Gasteiger partial charge in [0, 0.05) is 23.9 Å².